The van der Waals surface area contributed by atoms with Gasteiger partial charge in [0, 0.05) is 25.2 Å². The highest BCUT2D eigenvalue weighted by Gasteiger charge is 2.42. The minimum atomic E-state index is -1.31. The van der Waals surface area contributed by atoms with Crippen LogP contribution in [0.4, 0.5) is 0 Å². The molecule has 6 nitrogen and oxygen atoms in total. The van der Waals surface area contributed by atoms with Gasteiger partial charge in [-0.25, -0.2) is 0 Å². The molecule has 0 radical (unpaired) electrons. The molecule has 1 atom stereocenters. The number of ether oxygens (including phenoxy) is 2. The second-order valence-electron chi connectivity index (χ2n) is 7.09. The van der Waals surface area contributed by atoms with Crippen molar-refractivity contribution in [3.8, 4) is 11.5 Å². The van der Waals surface area contributed by atoms with E-state index in [-0.39, 0.29) is 5.91 Å². The van der Waals surface area contributed by atoms with Gasteiger partial charge in [-0.1, -0.05) is 12.1 Å². The van der Waals surface area contributed by atoms with Crippen LogP contribution in [0.1, 0.15) is 31.2 Å². The smallest absolute Gasteiger partial charge is 0.256 e. The number of nitrogens with one attached hydrogen (secondary N) is 1. The molecule has 1 saturated carbocycles. The molecule has 25 heavy (non-hydrogen) atoms. The molecule has 1 aromatic rings. The van der Waals surface area contributed by atoms with Crippen molar-refractivity contribution in [2.75, 3.05) is 33.9 Å². The first kappa shape index (κ1) is 18.0. The van der Waals surface area contributed by atoms with Crippen LogP contribution in [-0.2, 0) is 11.3 Å². The fourth-order valence-electron chi connectivity index (χ4n) is 3.47. The van der Waals surface area contributed by atoms with Crippen molar-refractivity contribution in [2.24, 2.45) is 5.92 Å². The number of methoxy groups -OCH3 is 2. The number of para-hydroxylation sites is 1. The van der Waals surface area contributed by atoms with Crippen LogP contribution in [-0.4, -0.2) is 55.4 Å². The zero-order valence-electron chi connectivity index (χ0n) is 15.1. The number of benzene rings is 1. The Labute approximate surface area is 149 Å². The summed E-state index contributed by atoms with van der Waals surface area (Å²) in [5.74, 6) is 1.80. The molecular weight excluding hydrogens is 320 g/mol. The fraction of sp³-hybridized carbons (Fsp3) is 0.632. The van der Waals surface area contributed by atoms with Crippen molar-refractivity contribution in [1.29, 1.82) is 0 Å². The molecule has 138 valence electrons. The highest BCUT2D eigenvalue weighted by atomic mass is 16.5. The van der Waals surface area contributed by atoms with E-state index in [2.05, 4.69) is 5.32 Å². The van der Waals surface area contributed by atoms with Gasteiger partial charge in [0.1, 0.15) is 0 Å². The monoisotopic (exact) mass is 348 g/mol. The van der Waals surface area contributed by atoms with Crippen LogP contribution in [0.3, 0.4) is 0 Å². The molecule has 1 saturated heterocycles. The van der Waals surface area contributed by atoms with Gasteiger partial charge in [0.25, 0.3) is 5.91 Å². The Balaban J connectivity index is 1.68. The fourth-order valence-corrected chi connectivity index (χ4v) is 3.47. The third-order valence-electron chi connectivity index (χ3n) is 5.10. The molecule has 1 aromatic carbocycles. The molecule has 0 bridgehead atoms. The van der Waals surface area contributed by atoms with Crippen molar-refractivity contribution in [3.63, 3.8) is 0 Å². The quantitative estimate of drug-likeness (QED) is 0.746. The van der Waals surface area contributed by atoms with Gasteiger partial charge in [-0.05, 0) is 44.2 Å². The second kappa shape index (κ2) is 7.62. The third kappa shape index (κ3) is 4.07. The van der Waals surface area contributed by atoms with Crippen molar-refractivity contribution < 1.29 is 19.4 Å². The lowest BCUT2D eigenvalue weighted by Gasteiger charge is -2.38. The molecule has 2 fully saturated rings. The molecule has 0 unspecified atom stereocenters. The SMILES string of the molecule is COc1cccc(CN2CCC[C@@](O)(CNCC3CC3)C2=O)c1OC. The Bertz CT molecular complexity index is 617. The van der Waals surface area contributed by atoms with E-state index >= 15 is 0 Å². The predicted molar refractivity (Wildman–Crippen MR) is 94.7 cm³/mol. The summed E-state index contributed by atoms with van der Waals surface area (Å²) in [5.41, 5.74) is -0.426. The molecule has 2 N–H and O–H groups in total. The number of rotatable bonds is 8. The average molecular weight is 348 g/mol. The van der Waals surface area contributed by atoms with Crippen LogP contribution in [0.25, 0.3) is 0 Å². The Morgan fingerprint density at radius 2 is 2.12 bits per heavy atom. The maximum atomic E-state index is 12.9. The van der Waals surface area contributed by atoms with Gasteiger partial charge in [-0.15, -0.1) is 0 Å². The number of aliphatic hydroxyl groups is 1. The Morgan fingerprint density at radius 1 is 1.32 bits per heavy atom. The average Bonchev–Trinajstić information content (AvgIpc) is 3.43. The summed E-state index contributed by atoms with van der Waals surface area (Å²) in [5, 5.41) is 14.1. The number of carbonyl (C=O) groups excluding carboxylic acids is 1. The van der Waals surface area contributed by atoms with Crippen molar-refractivity contribution in [1.82, 2.24) is 10.2 Å². The Kier molecular flexibility index (Phi) is 5.49. The molecular formula is C19H28N2O4. The first-order valence-corrected chi connectivity index (χ1v) is 9.00. The first-order chi connectivity index (χ1) is 12.1. The summed E-state index contributed by atoms with van der Waals surface area (Å²) in [6, 6.07) is 5.64. The van der Waals surface area contributed by atoms with E-state index in [1.807, 2.05) is 18.2 Å². The number of amides is 1. The maximum Gasteiger partial charge on any atom is 0.256 e. The van der Waals surface area contributed by atoms with Crippen LogP contribution in [0.15, 0.2) is 18.2 Å². The van der Waals surface area contributed by atoms with Crippen molar-refractivity contribution in [3.05, 3.63) is 23.8 Å². The first-order valence-electron chi connectivity index (χ1n) is 9.00. The molecule has 0 aromatic heterocycles. The lowest BCUT2D eigenvalue weighted by atomic mass is 9.91. The van der Waals surface area contributed by atoms with Gasteiger partial charge in [0.2, 0.25) is 0 Å². The minimum Gasteiger partial charge on any atom is -0.493 e. The van der Waals surface area contributed by atoms with Crippen LogP contribution in [0.5, 0.6) is 11.5 Å². The highest BCUT2D eigenvalue weighted by Crippen LogP contribution is 2.33. The van der Waals surface area contributed by atoms with Gasteiger partial charge in [-0.3, -0.25) is 4.79 Å². The normalized spacial score (nSPS) is 23.6. The van der Waals surface area contributed by atoms with E-state index in [4.69, 9.17) is 9.47 Å². The van der Waals surface area contributed by atoms with Gasteiger partial charge in [0.15, 0.2) is 17.1 Å². The minimum absolute atomic E-state index is 0.202. The lowest BCUT2D eigenvalue weighted by molar-refractivity contribution is -0.157. The van der Waals surface area contributed by atoms with E-state index in [0.717, 1.165) is 24.4 Å². The van der Waals surface area contributed by atoms with E-state index in [1.54, 1.807) is 19.1 Å². The number of likely N-dealkylation sites (tertiary alicyclic amines) is 1. The molecule has 1 heterocycles. The molecule has 1 aliphatic carbocycles. The van der Waals surface area contributed by atoms with Gasteiger partial charge in [-0.2, -0.15) is 0 Å². The molecule has 0 spiro atoms. The summed E-state index contributed by atoms with van der Waals surface area (Å²) < 4.78 is 10.8. The van der Waals surface area contributed by atoms with Crippen molar-refractivity contribution >= 4 is 5.91 Å². The molecule has 3 rings (SSSR count). The van der Waals surface area contributed by atoms with E-state index in [1.165, 1.54) is 12.8 Å². The lowest BCUT2D eigenvalue weighted by Crippen LogP contribution is -2.57. The number of nitrogens with zero attached hydrogens (tertiary/aromatic N) is 1. The van der Waals surface area contributed by atoms with Crippen LogP contribution in [0.2, 0.25) is 0 Å². The molecule has 1 amide bonds. The van der Waals surface area contributed by atoms with Crippen LogP contribution < -0.4 is 14.8 Å². The predicted octanol–water partition coefficient (Wildman–Crippen LogP) is 1.56. The number of piperidine rings is 1. The van der Waals surface area contributed by atoms with Gasteiger partial charge >= 0.3 is 0 Å². The van der Waals surface area contributed by atoms with E-state index < -0.39 is 5.60 Å². The standard InChI is InChI=1S/C19H28N2O4/c1-24-16-6-3-5-15(17(16)25-2)12-21-10-4-9-19(23,18(21)22)13-20-11-14-7-8-14/h3,5-6,14,20,23H,4,7-13H2,1-2H3/t19-/m1/s1. The van der Waals surface area contributed by atoms with E-state index in [9.17, 15) is 9.90 Å². The summed E-state index contributed by atoms with van der Waals surface area (Å²) >= 11 is 0. The maximum absolute atomic E-state index is 12.9. The number of hydrogen-bond acceptors (Lipinski definition) is 5. The number of hydrogen-bond donors (Lipinski definition) is 2. The summed E-state index contributed by atoms with van der Waals surface area (Å²) in [6.45, 7) is 2.27. The molecule has 1 aliphatic heterocycles. The Morgan fingerprint density at radius 3 is 2.80 bits per heavy atom. The second-order valence-corrected chi connectivity index (χ2v) is 7.09. The summed E-state index contributed by atoms with van der Waals surface area (Å²) in [4.78, 5) is 14.6. The number of carbonyl (C=O) groups is 1. The molecule has 6 heteroatoms. The zero-order valence-corrected chi connectivity index (χ0v) is 15.1. The van der Waals surface area contributed by atoms with Gasteiger partial charge in [0.05, 0.1) is 14.2 Å². The summed E-state index contributed by atoms with van der Waals surface area (Å²) in [6.07, 6.45) is 3.80. The van der Waals surface area contributed by atoms with Gasteiger partial charge < -0.3 is 24.8 Å². The summed E-state index contributed by atoms with van der Waals surface area (Å²) in [7, 11) is 3.19. The van der Waals surface area contributed by atoms with Crippen LogP contribution in [0, 0.1) is 5.92 Å². The van der Waals surface area contributed by atoms with Crippen molar-refractivity contribution in [2.45, 2.75) is 37.8 Å². The largest absolute Gasteiger partial charge is 0.493 e. The third-order valence-corrected chi connectivity index (χ3v) is 5.10. The highest BCUT2D eigenvalue weighted by molar-refractivity contribution is 5.86. The van der Waals surface area contributed by atoms with E-state index in [0.29, 0.717) is 37.6 Å². The van der Waals surface area contributed by atoms with Crippen LogP contribution >= 0.6 is 0 Å². The Hall–Kier alpha value is -1.79. The zero-order chi connectivity index (χ0) is 17.9. The topological polar surface area (TPSA) is 71.0 Å². The molecule has 2 aliphatic rings.